The van der Waals surface area contributed by atoms with Crippen LogP contribution in [0.4, 0.5) is 5.69 Å². The van der Waals surface area contributed by atoms with E-state index in [1.807, 2.05) is 66.7 Å². The standard InChI is InChI=1S/C29H33N3O3/c30-29(34)24-15-18-32(19-16-24)17-14-22-10-12-26(13-11-22)31-28(33)21-35-27-9-5-4-8-25(27)20-23-6-2-1-3-7-23/h1-13,24H,14-21H2,(H2,30,34)(H,31,33). The Balaban J connectivity index is 1.22. The molecular formula is C29H33N3O3. The second-order valence-corrected chi connectivity index (χ2v) is 9.07. The van der Waals surface area contributed by atoms with Gasteiger partial charge in [-0.15, -0.1) is 0 Å². The number of primary amides is 1. The van der Waals surface area contributed by atoms with Gasteiger partial charge in [-0.25, -0.2) is 0 Å². The molecule has 1 fully saturated rings. The van der Waals surface area contributed by atoms with E-state index in [9.17, 15) is 9.59 Å². The van der Waals surface area contributed by atoms with Gasteiger partial charge in [0.25, 0.3) is 5.91 Å². The molecule has 0 saturated carbocycles. The summed E-state index contributed by atoms with van der Waals surface area (Å²) in [5, 5.41) is 2.91. The van der Waals surface area contributed by atoms with Crippen molar-refractivity contribution < 1.29 is 14.3 Å². The van der Waals surface area contributed by atoms with Crippen molar-refractivity contribution in [3.63, 3.8) is 0 Å². The van der Waals surface area contributed by atoms with Gasteiger partial charge in [-0.05, 0) is 67.2 Å². The van der Waals surface area contributed by atoms with Crippen LogP contribution in [-0.2, 0) is 22.4 Å². The fraction of sp³-hybridized carbons (Fsp3) is 0.310. The topological polar surface area (TPSA) is 84.7 Å². The zero-order chi connectivity index (χ0) is 24.5. The molecule has 3 aromatic carbocycles. The number of carbonyl (C=O) groups excluding carboxylic acids is 2. The summed E-state index contributed by atoms with van der Waals surface area (Å²) in [6.45, 7) is 2.73. The minimum Gasteiger partial charge on any atom is -0.483 e. The molecule has 0 unspecified atom stereocenters. The lowest BCUT2D eigenvalue weighted by Crippen LogP contribution is -2.39. The second kappa shape index (κ2) is 12.2. The van der Waals surface area contributed by atoms with Crippen molar-refractivity contribution >= 4 is 17.5 Å². The van der Waals surface area contributed by atoms with Crippen LogP contribution < -0.4 is 15.8 Å². The fourth-order valence-electron chi connectivity index (χ4n) is 4.43. The molecule has 1 heterocycles. The smallest absolute Gasteiger partial charge is 0.262 e. The van der Waals surface area contributed by atoms with E-state index in [-0.39, 0.29) is 24.3 Å². The molecule has 2 amide bonds. The Morgan fingerprint density at radius 2 is 1.57 bits per heavy atom. The number of carbonyl (C=O) groups is 2. The number of hydrogen-bond acceptors (Lipinski definition) is 4. The van der Waals surface area contributed by atoms with Gasteiger partial charge in [-0.3, -0.25) is 9.59 Å². The van der Waals surface area contributed by atoms with Crippen molar-refractivity contribution in [2.45, 2.75) is 25.7 Å². The number of para-hydroxylation sites is 1. The quantitative estimate of drug-likeness (QED) is 0.468. The van der Waals surface area contributed by atoms with Crippen LogP contribution in [0.15, 0.2) is 78.9 Å². The summed E-state index contributed by atoms with van der Waals surface area (Å²) in [5.74, 6) is 0.380. The van der Waals surface area contributed by atoms with Gasteiger partial charge in [0.2, 0.25) is 5.91 Å². The van der Waals surface area contributed by atoms with E-state index in [4.69, 9.17) is 10.5 Å². The van der Waals surface area contributed by atoms with Crippen LogP contribution in [-0.4, -0.2) is 43.0 Å². The summed E-state index contributed by atoms with van der Waals surface area (Å²) < 4.78 is 5.85. The van der Waals surface area contributed by atoms with E-state index < -0.39 is 0 Å². The van der Waals surface area contributed by atoms with E-state index in [1.165, 1.54) is 11.1 Å². The maximum atomic E-state index is 12.5. The minimum atomic E-state index is -0.190. The molecule has 0 atom stereocenters. The maximum Gasteiger partial charge on any atom is 0.262 e. The molecule has 0 spiro atoms. The van der Waals surface area contributed by atoms with Gasteiger partial charge in [-0.2, -0.15) is 0 Å². The Morgan fingerprint density at radius 3 is 2.29 bits per heavy atom. The number of ether oxygens (including phenoxy) is 1. The van der Waals surface area contributed by atoms with Gasteiger partial charge < -0.3 is 20.7 Å². The molecular weight excluding hydrogens is 438 g/mol. The van der Waals surface area contributed by atoms with Gasteiger partial charge in [0.05, 0.1) is 0 Å². The summed E-state index contributed by atoms with van der Waals surface area (Å²) in [4.78, 5) is 26.2. The van der Waals surface area contributed by atoms with E-state index in [0.29, 0.717) is 0 Å². The molecule has 0 bridgehead atoms. The molecule has 6 heteroatoms. The predicted octanol–water partition coefficient (Wildman–Crippen LogP) is 4.03. The first-order chi connectivity index (χ1) is 17.1. The monoisotopic (exact) mass is 471 g/mol. The summed E-state index contributed by atoms with van der Waals surface area (Å²) in [7, 11) is 0. The van der Waals surface area contributed by atoms with Crippen LogP contribution in [0, 0.1) is 5.92 Å². The third kappa shape index (κ3) is 7.42. The number of nitrogens with zero attached hydrogens (tertiary/aromatic N) is 1. The number of nitrogens with one attached hydrogen (secondary N) is 1. The molecule has 0 aliphatic carbocycles. The van der Waals surface area contributed by atoms with Gasteiger partial charge >= 0.3 is 0 Å². The van der Waals surface area contributed by atoms with Crippen LogP contribution in [0.25, 0.3) is 0 Å². The molecule has 3 N–H and O–H groups in total. The Bertz CT molecular complexity index is 1110. The Labute approximate surface area is 207 Å². The summed E-state index contributed by atoms with van der Waals surface area (Å²) in [6, 6.07) is 26.0. The zero-order valence-electron chi connectivity index (χ0n) is 20.0. The van der Waals surface area contributed by atoms with Gasteiger partial charge in [0, 0.05) is 24.6 Å². The third-order valence-electron chi connectivity index (χ3n) is 6.51. The van der Waals surface area contributed by atoms with E-state index in [0.717, 1.165) is 62.3 Å². The van der Waals surface area contributed by atoms with Crippen molar-refractivity contribution in [1.29, 1.82) is 0 Å². The molecule has 182 valence electrons. The summed E-state index contributed by atoms with van der Waals surface area (Å²) >= 11 is 0. The van der Waals surface area contributed by atoms with Crippen molar-refractivity contribution in [2.75, 3.05) is 31.6 Å². The SMILES string of the molecule is NC(=O)C1CCN(CCc2ccc(NC(=O)COc3ccccc3Cc3ccccc3)cc2)CC1. The first kappa shape index (κ1) is 24.5. The molecule has 1 aliphatic rings. The van der Waals surface area contributed by atoms with Crippen LogP contribution >= 0.6 is 0 Å². The third-order valence-corrected chi connectivity index (χ3v) is 6.51. The van der Waals surface area contributed by atoms with E-state index in [1.54, 1.807) is 0 Å². The Kier molecular flexibility index (Phi) is 8.52. The van der Waals surface area contributed by atoms with E-state index >= 15 is 0 Å². The van der Waals surface area contributed by atoms with Gasteiger partial charge in [-0.1, -0.05) is 60.7 Å². The molecule has 6 nitrogen and oxygen atoms in total. The summed E-state index contributed by atoms with van der Waals surface area (Å²) in [6.07, 6.45) is 3.37. The lowest BCUT2D eigenvalue weighted by molar-refractivity contribution is -0.123. The number of nitrogens with two attached hydrogens (primary N) is 1. The van der Waals surface area contributed by atoms with Crippen molar-refractivity contribution in [3.05, 3.63) is 95.6 Å². The number of rotatable bonds is 10. The number of piperidine rings is 1. The molecule has 35 heavy (non-hydrogen) atoms. The predicted molar refractivity (Wildman–Crippen MR) is 138 cm³/mol. The highest BCUT2D eigenvalue weighted by Crippen LogP contribution is 2.22. The molecule has 0 aromatic heterocycles. The number of likely N-dealkylation sites (tertiary alicyclic amines) is 1. The Hall–Kier alpha value is -3.64. The van der Waals surface area contributed by atoms with Crippen LogP contribution in [0.5, 0.6) is 5.75 Å². The first-order valence-corrected chi connectivity index (χ1v) is 12.2. The average Bonchev–Trinajstić information content (AvgIpc) is 2.88. The highest BCUT2D eigenvalue weighted by Gasteiger charge is 2.22. The molecule has 3 aromatic rings. The van der Waals surface area contributed by atoms with Crippen LogP contribution in [0.3, 0.4) is 0 Å². The zero-order valence-corrected chi connectivity index (χ0v) is 20.0. The fourth-order valence-corrected chi connectivity index (χ4v) is 4.43. The number of amides is 2. The van der Waals surface area contributed by atoms with Crippen LogP contribution in [0.2, 0.25) is 0 Å². The van der Waals surface area contributed by atoms with E-state index in [2.05, 4.69) is 22.3 Å². The number of benzene rings is 3. The van der Waals surface area contributed by atoms with Crippen molar-refractivity contribution in [1.82, 2.24) is 4.90 Å². The maximum absolute atomic E-state index is 12.5. The lowest BCUT2D eigenvalue weighted by Gasteiger charge is -2.30. The normalized spacial score (nSPS) is 14.4. The van der Waals surface area contributed by atoms with Gasteiger partial charge in [0.1, 0.15) is 5.75 Å². The van der Waals surface area contributed by atoms with Crippen molar-refractivity contribution in [2.24, 2.45) is 11.7 Å². The highest BCUT2D eigenvalue weighted by atomic mass is 16.5. The molecule has 1 saturated heterocycles. The summed E-state index contributed by atoms with van der Waals surface area (Å²) in [5.41, 5.74) is 9.63. The van der Waals surface area contributed by atoms with Crippen molar-refractivity contribution in [3.8, 4) is 5.75 Å². The molecule has 1 aliphatic heterocycles. The molecule has 4 rings (SSSR count). The number of anilines is 1. The average molecular weight is 472 g/mol. The van der Waals surface area contributed by atoms with Crippen LogP contribution in [0.1, 0.15) is 29.5 Å². The lowest BCUT2D eigenvalue weighted by atomic mass is 9.96. The molecule has 0 radical (unpaired) electrons. The Morgan fingerprint density at radius 1 is 0.886 bits per heavy atom. The minimum absolute atomic E-state index is 0.0236. The second-order valence-electron chi connectivity index (χ2n) is 9.07. The number of hydrogen-bond donors (Lipinski definition) is 2. The largest absolute Gasteiger partial charge is 0.483 e. The first-order valence-electron chi connectivity index (χ1n) is 12.2. The highest BCUT2D eigenvalue weighted by molar-refractivity contribution is 5.91. The van der Waals surface area contributed by atoms with Gasteiger partial charge in [0.15, 0.2) is 6.61 Å².